The molecule has 0 unspecified atom stereocenters. The van der Waals surface area contributed by atoms with Crippen molar-refractivity contribution >= 4 is 65.9 Å². The van der Waals surface area contributed by atoms with Crippen molar-refractivity contribution in [2.75, 3.05) is 22.3 Å². The van der Waals surface area contributed by atoms with E-state index in [9.17, 15) is 17.6 Å². The Hall–Kier alpha value is -0.640. The van der Waals surface area contributed by atoms with Gasteiger partial charge >= 0.3 is 0 Å². The predicted octanol–water partition coefficient (Wildman–Crippen LogP) is 2.43. The molecular weight excluding hydrogens is 431 g/mol. The number of halogens is 3. The third-order valence-electron chi connectivity index (χ3n) is 3.57. The molecule has 0 radical (unpaired) electrons. The first kappa shape index (κ1) is 17.2. The number of thioether (sulfide) groups is 1. The van der Waals surface area contributed by atoms with Crippen molar-refractivity contribution in [3.05, 3.63) is 28.5 Å². The summed E-state index contributed by atoms with van der Waals surface area (Å²) in [5.41, 5.74) is 0.200. The largest absolute Gasteiger partial charge is 0.313 e. The molecule has 2 heterocycles. The lowest BCUT2D eigenvalue weighted by Crippen LogP contribution is -2.38. The molecular formula is C13H11BrClFN2O3S2. The summed E-state index contributed by atoms with van der Waals surface area (Å²) in [5, 5.41) is 0.0201. The predicted molar refractivity (Wildman–Crippen MR) is 93.6 cm³/mol. The van der Waals surface area contributed by atoms with Gasteiger partial charge in [-0.15, -0.1) is 11.6 Å². The molecule has 23 heavy (non-hydrogen) atoms. The highest BCUT2D eigenvalue weighted by molar-refractivity contribution is 9.10. The first-order valence-corrected chi connectivity index (χ1v) is 10.6. The summed E-state index contributed by atoms with van der Waals surface area (Å²) in [6, 6.07) is 4.04. The minimum absolute atomic E-state index is 0.00886. The smallest absolute Gasteiger partial charge is 0.262 e. The van der Waals surface area contributed by atoms with Gasteiger partial charge in [0.1, 0.15) is 11.7 Å². The van der Waals surface area contributed by atoms with Gasteiger partial charge in [0.2, 0.25) is 0 Å². The van der Waals surface area contributed by atoms with E-state index >= 15 is 0 Å². The topological polar surface area (TPSA) is 66.8 Å². The Labute approximate surface area is 150 Å². The number of alkyl halides is 1. The van der Waals surface area contributed by atoms with E-state index in [0.29, 0.717) is 9.64 Å². The van der Waals surface area contributed by atoms with Crippen LogP contribution in [0.25, 0.3) is 0 Å². The lowest BCUT2D eigenvalue weighted by molar-refractivity contribution is -0.115. The fraction of sp³-hybridized carbons (Fsp3) is 0.385. The van der Waals surface area contributed by atoms with Crippen molar-refractivity contribution in [2.45, 2.75) is 11.3 Å². The van der Waals surface area contributed by atoms with Crippen LogP contribution in [0.15, 0.2) is 27.7 Å². The zero-order valence-electron chi connectivity index (χ0n) is 11.6. The van der Waals surface area contributed by atoms with Crippen LogP contribution in [0.4, 0.5) is 10.1 Å². The second-order valence-electron chi connectivity index (χ2n) is 5.19. The highest BCUT2D eigenvalue weighted by Crippen LogP contribution is 2.42. The third kappa shape index (κ3) is 3.42. The Balaban J connectivity index is 2.06. The molecule has 3 rings (SSSR count). The van der Waals surface area contributed by atoms with Gasteiger partial charge in [0.05, 0.1) is 23.2 Å². The number of aliphatic imine (C=N–C) groups is 1. The molecule has 124 valence electrons. The standard InChI is InChI=1S/C13H11BrClFN2O3S2/c14-7-1-2-9(8(16)3-7)18-10-5-23(20,21)6-11(10)22-13(18)17-12(19)4-15/h1-3,10-11H,4-6H2/t10-,11+/m0/s1. The Bertz CT molecular complexity index is 802. The van der Waals surface area contributed by atoms with Gasteiger partial charge in [-0.1, -0.05) is 27.7 Å². The van der Waals surface area contributed by atoms with E-state index < -0.39 is 27.6 Å². The minimum atomic E-state index is -3.19. The number of benzene rings is 1. The average Bonchev–Trinajstić information content (AvgIpc) is 2.91. The van der Waals surface area contributed by atoms with E-state index in [1.54, 1.807) is 6.07 Å². The first-order valence-electron chi connectivity index (χ1n) is 6.59. The van der Waals surface area contributed by atoms with Crippen LogP contribution >= 0.6 is 39.3 Å². The van der Waals surface area contributed by atoms with Crippen LogP contribution in [0, 0.1) is 5.82 Å². The van der Waals surface area contributed by atoms with Crippen LogP contribution in [0.2, 0.25) is 0 Å². The zero-order chi connectivity index (χ0) is 16.8. The molecule has 0 bridgehead atoms. The van der Waals surface area contributed by atoms with E-state index in [-0.39, 0.29) is 28.3 Å². The van der Waals surface area contributed by atoms with Crippen molar-refractivity contribution in [2.24, 2.45) is 4.99 Å². The summed E-state index contributed by atoms with van der Waals surface area (Å²) in [6.45, 7) is 0. The number of rotatable bonds is 2. The number of sulfone groups is 1. The van der Waals surface area contributed by atoms with Gasteiger partial charge in [0.25, 0.3) is 5.91 Å². The summed E-state index contributed by atoms with van der Waals surface area (Å²) in [6.07, 6.45) is 0. The van der Waals surface area contributed by atoms with Gasteiger partial charge < -0.3 is 4.90 Å². The molecule has 1 aromatic carbocycles. The maximum Gasteiger partial charge on any atom is 0.262 e. The molecule has 0 aliphatic carbocycles. The highest BCUT2D eigenvalue weighted by Gasteiger charge is 2.49. The maximum atomic E-state index is 14.3. The van der Waals surface area contributed by atoms with Crippen LogP contribution < -0.4 is 4.90 Å². The number of carbonyl (C=O) groups is 1. The molecule has 0 aromatic heterocycles. The van der Waals surface area contributed by atoms with Crippen LogP contribution in [-0.2, 0) is 14.6 Å². The van der Waals surface area contributed by atoms with Crippen molar-refractivity contribution < 1.29 is 17.6 Å². The number of amides is 1. The molecule has 5 nitrogen and oxygen atoms in total. The number of hydrogen-bond acceptors (Lipinski definition) is 4. The van der Waals surface area contributed by atoms with E-state index in [1.165, 1.54) is 28.8 Å². The lowest BCUT2D eigenvalue weighted by Gasteiger charge is -2.25. The normalized spacial score (nSPS) is 27.4. The number of fused-ring (bicyclic) bond motifs is 1. The molecule has 2 fully saturated rings. The number of nitrogens with zero attached hydrogens (tertiary/aromatic N) is 2. The van der Waals surface area contributed by atoms with Gasteiger partial charge in [-0.25, -0.2) is 12.8 Å². The lowest BCUT2D eigenvalue weighted by atomic mass is 10.2. The van der Waals surface area contributed by atoms with E-state index in [1.807, 2.05) is 0 Å². The Morgan fingerprint density at radius 2 is 2.22 bits per heavy atom. The Morgan fingerprint density at radius 3 is 2.87 bits per heavy atom. The molecule has 0 N–H and O–H groups in total. The minimum Gasteiger partial charge on any atom is -0.313 e. The van der Waals surface area contributed by atoms with E-state index in [4.69, 9.17) is 11.6 Å². The number of hydrogen-bond donors (Lipinski definition) is 0. The van der Waals surface area contributed by atoms with Crippen LogP contribution in [0.3, 0.4) is 0 Å². The highest BCUT2D eigenvalue weighted by atomic mass is 79.9. The molecule has 2 aliphatic heterocycles. The van der Waals surface area contributed by atoms with Gasteiger partial charge in [0, 0.05) is 9.72 Å². The molecule has 2 aliphatic rings. The van der Waals surface area contributed by atoms with Crippen LogP contribution in [0.1, 0.15) is 0 Å². The molecule has 1 aromatic rings. The quantitative estimate of drug-likeness (QED) is 0.660. The molecule has 2 saturated heterocycles. The number of amidine groups is 1. The molecule has 1 amide bonds. The molecule has 2 atom stereocenters. The van der Waals surface area contributed by atoms with E-state index in [0.717, 1.165) is 0 Å². The Kier molecular flexibility index (Phi) is 4.74. The van der Waals surface area contributed by atoms with Gasteiger partial charge in [-0.05, 0) is 18.2 Å². The first-order chi connectivity index (χ1) is 10.8. The summed E-state index contributed by atoms with van der Waals surface area (Å²) in [7, 11) is -3.19. The van der Waals surface area contributed by atoms with Crippen molar-refractivity contribution in [1.82, 2.24) is 0 Å². The SMILES string of the molecule is O=C(CCl)N=C1S[C@@H]2CS(=O)(=O)C[C@@H]2N1c1ccc(Br)cc1F. The van der Waals surface area contributed by atoms with Gasteiger partial charge in [0.15, 0.2) is 15.0 Å². The summed E-state index contributed by atoms with van der Waals surface area (Å²) < 4.78 is 38.7. The molecule has 10 heteroatoms. The number of anilines is 1. The van der Waals surface area contributed by atoms with E-state index in [2.05, 4.69) is 20.9 Å². The number of carbonyl (C=O) groups excluding carboxylic acids is 1. The fourth-order valence-electron chi connectivity index (χ4n) is 2.66. The van der Waals surface area contributed by atoms with Gasteiger partial charge in [-0.2, -0.15) is 4.99 Å². The summed E-state index contributed by atoms with van der Waals surface area (Å²) in [5.74, 6) is -1.44. The third-order valence-corrected chi connectivity index (χ3v) is 7.50. The molecule has 0 saturated carbocycles. The average molecular weight is 442 g/mol. The second kappa shape index (κ2) is 6.34. The monoisotopic (exact) mass is 440 g/mol. The Morgan fingerprint density at radius 1 is 1.48 bits per heavy atom. The van der Waals surface area contributed by atoms with Gasteiger partial charge in [-0.3, -0.25) is 4.79 Å². The summed E-state index contributed by atoms with van der Waals surface area (Å²) >= 11 is 9.85. The zero-order valence-corrected chi connectivity index (χ0v) is 15.6. The second-order valence-corrected chi connectivity index (χ2v) is 9.73. The fourth-order valence-corrected chi connectivity index (χ4v) is 6.98. The maximum absolute atomic E-state index is 14.3. The van der Waals surface area contributed by atoms with Crippen LogP contribution in [-0.4, -0.2) is 48.2 Å². The van der Waals surface area contributed by atoms with Crippen LogP contribution in [0.5, 0.6) is 0 Å². The van der Waals surface area contributed by atoms with Crippen molar-refractivity contribution in [1.29, 1.82) is 0 Å². The van der Waals surface area contributed by atoms with Crippen molar-refractivity contribution in [3.8, 4) is 0 Å². The summed E-state index contributed by atoms with van der Waals surface area (Å²) in [4.78, 5) is 17.0. The van der Waals surface area contributed by atoms with Crippen molar-refractivity contribution in [3.63, 3.8) is 0 Å². The molecule has 0 spiro atoms.